The summed E-state index contributed by atoms with van der Waals surface area (Å²) < 4.78 is 0. The van der Waals surface area contributed by atoms with Crippen LogP contribution in [-0.2, 0) is 0 Å². The minimum absolute atomic E-state index is 0.430. The van der Waals surface area contributed by atoms with Crippen molar-refractivity contribution in [2.45, 2.75) is 45.8 Å². The number of hydrogen-bond donors (Lipinski definition) is 2. The van der Waals surface area contributed by atoms with Gasteiger partial charge in [-0.1, -0.05) is 13.8 Å². The van der Waals surface area contributed by atoms with Crippen LogP contribution in [0, 0.1) is 5.92 Å². The van der Waals surface area contributed by atoms with Gasteiger partial charge in [-0.3, -0.25) is 4.90 Å². The lowest BCUT2D eigenvalue weighted by atomic mass is 10.0. The van der Waals surface area contributed by atoms with Crippen LogP contribution in [0.1, 0.15) is 27.7 Å². The lowest BCUT2D eigenvalue weighted by Gasteiger charge is -2.21. The number of likely N-dealkylation sites (tertiary alicyclic amines) is 1. The summed E-state index contributed by atoms with van der Waals surface area (Å²) in [6, 6.07) is 1.55. The van der Waals surface area contributed by atoms with Gasteiger partial charge in [0.2, 0.25) is 0 Å². The smallest absolute Gasteiger partial charge is 0.0755 e. The quantitative estimate of drug-likeness (QED) is 0.697. The van der Waals surface area contributed by atoms with Crippen molar-refractivity contribution < 1.29 is 5.11 Å². The molecule has 0 bridgehead atoms. The van der Waals surface area contributed by atoms with Gasteiger partial charge in [0, 0.05) is 37.1 Å². The van der Waals surface area contributed by atoms with E-state index in [-0.39, 0.29) is 0 Å². The lowest BCUT2D eigenvalue weighted by Crippen LogP contribution is -2.40. The zero-order valence-electron chi connectivity index (χ0n) is 10.3. The summed E-state index contributed by atoms with van der Waals surface area (Å²) in [5.41, 5.74) is 0. The summed E-state index contributed by atoms with van der Waals surface area (Å²) in [7, 11) is 0. The lowest BCUT2D eigenvalue weighted by molar-refractivity contribution is 0.264. The fraction of sp³-hybridized carbons (Fsp3) is 0.833. The van der Waals surface area contributed by atoms with Crippen molar-refractivity contribution in [1.29, 1.82) is 0 Å². The second-order valence-corrected chi connectivity index (χ2v) is 4.98. The molecule has 1 aliphatic rings. The highest BCUT2D eigenvalue weighted by Gasteiger charge is 2.32. The Morgan fingerprint density at radius 1 is 1.27 bits per heavy atom. The number of nitrogens with one attached hydrogen (secondary N) is 1. The Morgan fingerprint density at radius 3 is 2.40 bits per heavy atom. The molecule has 0 radical (unpaired) electrons. The average Bonchev–Trinajstić information content (AvgIpc) is 2.48. The van der Waals surface area contributed by atoms with Gasteiger partial charge >= 0.3 is 0 Å². The molecule has 2 N–H and O–H groups in total. The van der Waals surface area contributed by atoms with Gasteiger partial charge < -0.3 is 10.4 Å². The molecule has 3 heteroatoms. The predicted molar refractivity (Wildman–Crippen MR) is 64.0 cm³/mol. The molecule has 1 saturated heterocycles. The van der Waals surface area contributed by atoms with Gasteiger partial charge in [0.25, 0.3) is 0 Å². The summed E-state index contributed by atoms with van der Waals surface area (Å²) in [5, 5.41) is 12.4. The second-order valence-electron chi connectivity index (χ2n) is 4.98. The molecule has 15 heavy (non-hydrogen) atoms. The molecule has 0 aromatic carbocycles. The molecule has 0 spiro atoms. The van der Waals surface area contributed by atoms with E-state index < -0.39 is 0 Å². The van der Waals surface area contributed by atoms with E-state index in [1.807, 2.05) is 6.08 Å². The zero-order valence-corrected chi connectivity index (χ0v) is 10.3. The molecule has 2 atom stereocenters. The molecule has 1 heterocycles. The van der Waals surface area contributed by atoms with Crippen LogP contribution in [0.4, 0.5) is 0 Å². The maximum atomic E-state index is 8.88. The number of aliphatic hydroxyl groups is 1. The molecule has 0 aliphatic carbocycles. The molecule has 0 aromatic heterocycles. The Hall–Kier alpha value is -0.540. The van der Waals surface area contributed by atoms with Gasteiger partial charge in [-0.15, -0.1) is 0 Å². The van der Waals surface area contributed by atoms with E-state index in [1.54, 1.807) is 0 Å². The topological polar surface area (TPSA) is 35.5 Å². The number of nitrogens with zero attached hydrogens (tertiary/aromatic N) is 1. The van der Waals surface area contributed by atoms with Gasteiger partial charge in [-0.25, -0.2) is 0 Å². The van der Waals surface area contributed by atoms with Crippen molar-refractivity contribution in [1.82, 2.24) is 10.2 Å². The monoisotopic (exact) mass is 212 g/mol. The first-order valence-electron chi connectivity index (χ1n) is 5.85. The number of rotatable bonds is 4. The molecular weight excluding hydrogens is 188 g/mol. The highest BCUT2D eigenvalue weighted by Crippen LogP contribution is 2.20. The SMILES string of the molecule is CC(C)N[C@H]1CN(C(C)C)C[C@@H]1/C=C/O. The Bertz CT molecular complexity index is 214. The molecule has 3 nitrogen and oxygen atoms in total. The van der Waals surface area contributed by atoms with Crippen LogP contribution in [0.3, 0.4) is 0 Å². The van der Waals surface area contributed by atoms with Gasteiger partial charge in [0.05, 0.1) is 6.26 Å². The third-order valence-corrected chi connectivity index (χ3v) is 3.00. The number of aliphatic hydroxyl groups excluding tert-OH is 1. The minimum atomic E-state index is 0.430. The molecule has 1 aliphatic heterocycles. The van der Waals surface area contributed by atoms with Crippen molar-refractivity contribution in [3.8, 4) is 0 Å². The highest BCUT2D eigenvalue weighted by molar-refractivity contribution is 5.00. The van der Waals surface area contributed by atoms with E-state index in [0.717, 1.165) is 13.1 Å². The third-order valence-electron chi connectivity index (χ3n) is 3.00. The van der Waals surface area contributed by atoms with E-state index in [1.165, 1.54) is 6.26 Å². The Balaban J connectivity index is 2.59. The van der Waals surface area contributed by atoms with Crippen molar-refractivity contribution in [2.24, 2.45) is 5.92 Å². The van der Waals surface area contributed by atoms with Crippen LogP contribution in [0.15, 0.2) is 12.3 Å². The fourth-order valence-corrected chi connectivity index (χ4v) is 2.19. The fourth-order valence-electron chi connectivity index (χ4n) is 2.19. The first-order chi connectivity index (χ1) is 7.04. The van der Waals surface area contributed by atoms with Gasteiger partial charge in [-0.05, 0) is 19.9 Å². The second kappa shape index (κ2) is 5.52. The zero-order chi connectivity index (χ0) is 11.4. The van der Waals surface area contributed by atoms with Gasteiger partial charge in [0.15, 0.2) is 0 Å². The first kappa shape index (κ1) is 12.5. The standard InChI is InChI=1S/C12H24N2O/c1-9(2)13-12-8-14(10(3)4)7-11(12)5-6-15/h5-6,9-13,15H,7-8H2,1-4H3/b6-5+/t11-,12-/m0/s1. The van der Waals surface area contributed by atoms with E-state index >= 15 is 0 Å². The first-order valence-corrected chi connectivity index (χ1v) is 5.85. The molecule has 0 saturated carbocycles. The van der Waals surface area contributed by atoms with Crippen LogP contribution < -0.4 is 5.32 Å². The van der Waals surface area contributed by atoms with Crippen LogP contribution in [0.25, 0.3) is 0 Å². The highest BCUT2D eigenvalue weighted by atomic mass is 16.2. The molecule has 0 amide bonds. The summed E-state index contributed by atoms with van der Waals surface area (Å²) in [5.74, 6) is 0.430. The van der Waals surface area contributed by atoms with E-state index in [2.05, 4.69) is 37.9 Å². The summed E-state index contributed by atoms with van der Waals surface area (Å²) >= 11 is 0. The molecule has 1 rings (SSSR count). The van der Waals surface area contributed by atoms with Crippen LogP contribution in [0.2, 0.25) is 0 Å². The minimum Gasteiger partial charge on any atom is -0.516 e. The number of hydrogen-bond acceptors (Lipinski definition) is 3. The molecular formula is C12H24N2O. The molecule has 88 valence electrons. The average molecular weight is 212 g/mol. The normalized spacial score (nSPS) is 28.7. The Kier molecular flexibility index (Phi) is 4.61. The molecule has 0 unspecified atom stereocenters. The van der Waals surface area contributed by atoms with Crippen LogP contribution in [0.5, 0.6) is 0 Å². The van der Waals surface area contributed by atoms with E-state index in [0.29, 0.717) is 24.0 Å². The molecule has 1 fully saturated rings. The van der Waals surface area contributed by atoms with Crippen molar-refractivity contribution in [3.05, 3.63) is 12.3 Å². The third kappa shape index (κ3) is 3.50. The Morgan fingerprint density at radius 2 is 1.93 bits per heavy atom. The van der Waals surface area contributed by atoms with Gasteiger partial charge in [0.1, 0.15) is 0 Å². The summed E-state index contributed by atoms with van der Waals surface area (Å²) in [6.07, 6.45) is 3.09. The van der Waals surface area contributed by atoms with E-state index in [9.17, 15) is 0 Å². The Labute approximate surface area is 93.2 Å². The largest absolute Gasteiger partial charge is 0.516 e. The van der Waals surface area contributed by atoms with Crippen LogP contribution >= 0.6 is 0 Å². The van der Waals surface area contributed by atoms with Gasteiger partial charge in [-0.2, -0.15) is 0 Å². The van der Waals surface area contributed by atoms with Crippen molar-refractivity contribution in [2.75, 3.05) is 13.1 Å². The molecule has 0 aromatic rings. The summed E-state index contributed by atoms with van der Waals surface area (Å²) in [6.45, 7) is 10.9. The van der Waals surface area contributed by atoms with Crippen LogP contribution in [-0.4, -0.2) is 41.2 Å². The predicted octanol–water partition coefficient (Wildman–Crippen LogP) is 1.76. The maximum Gasteiger partial charge on any atom is 0.0755 e. The van der Waals surface area contributed by atoms with Crippen molar-refractivity contribution >= 4 is 0 Å². The maximum absolute atomic E-state index is 8.88. The van der Waals surface area contributed by atoms with Crippen molar-refractivity contribution in [3.63, 3.8) is 0 Å². The summed E-state index contributed by atoms with van der Waals surface area (Å²) in [4.78, 5) is 2.45. The van der Waals surface area contributed by atoms with E-state index in [4.69, 9.17) is 5.11 Å².